The smallest absolute Gasteiger partial charge is 0.265 e. The van der Waals surface area contributed by atoms with Crippen molar-refractivity contribution < 1.29 is 19.7 Å². The molecule has 1 aliphatic rings. The summed E-state index contributed by atoms with van der Waals surface area (Å²) in [5, 5.41) is 26.8. The summed E-state index contributed by atoms with van der Waals surface area (Å²) < 4.78 is 5.08. The first-order chi connectivity index (χ1) is 12.4. The molecule has 0 fully saturated rings. The molecule has 1 atom stereocenters. The number of ether oxygens (including phenoxy) is 1. The van der Waals surface area contributed by atoms with Crippen molar-refractivity contribution in [3.8, 4) is 17.2 Å². The van der Waals surface area contributed by atoms with Gasteiger partial charge in [0.15, 0.2) is 11.5 Å². The number of hydrogen-bond acceptors (Lipinski definition) is 7. The summed E-state index contributed by atoms with van der Waals surface area (Å²) in [6.45, 7) is 3.91. The Labute approximate surface area is 153 Å². The Hall–Kier alpha value is -3.00. The van der Waals surface area contributed by atoms with Gasteiger partial charge in [0.25, 0.3) is 5.91 Å². The normalized spacial score (nSPS) is 16.1. The summed E-state index contributed by atoms with van der Waals surface area (Å²) in [6, 6.07) is 4.94. The highest BCUT2D eigenvalue weighted by atomic mass is 32.1. The van der Waals surface area contributed by atoms with Crippen molar-refractivity contribution in [2.24, 2.45) is 0 Å². The predicted molar refractivity (Wildman–Crippen MR) is 99.2 cm³/mol. The zero-order valence-corrected chi connectivity index (χ0v) is 15.2. The lowest BCUT2D eigenvalue weighted by molar-refractivity contribution is 0.0940. The van der Waals surface area contributed by atoms with Crippen molar-refractivity contribution in [3.63, 3.8) is 0 Å². The lowest BCUT2D eigenvalue weighted by atomic mass is 10.1. The Balaban J connectivity index is 1.84. The molecule has 1 aromatic carbocycles. The molecule has 2 aromatic heterocycles. The van der Waals surface area contributed by atoms with Crippen molar-refractivity contribution in [2.75, 3.05) is 12.4 Å². The third-order valence-electron chi connectivity index (χ3n) is 4.39. The molecule has 0 radical (unpaired) electrons. The number of carbonyl (C=O) groups is 1. The summed E-state index contributed by atoms with van der Waals surface area (Å²) in [5.41, 5.74) is 3.24. The topological polar surface area (TPSA) is 104 Å². The quantitative estimate of drug-likeness (QED) is 0.516. The van der Waals surface area contributed by atoms with E-state index in [-0.39, 0.29) is 23.2 Å². The highest BCUT2D eigenvalue weighted by Gasteiger charge is 2.30. The molecule has 4 N–H and O–H groups in total. The van der Waals surface area contributed by atoms with Gasteiger partial charge < -0.3 is 25.6 Å². The average molecular weight is 371 g/mol. The van der Waals surface area contributed by atoms with Crippen LogP contribution in [0.2, 0.25) is 0 Å². The molecule has 0 saturated heterocycles. The fraction of sp³-hybridized carbons (Fsp3) is 0.222. The van der Waals surface area contributed by atoms with Gasteiger partial charge in [-0.15, -0.1) is 11.3 Å². The minimum Gasteiger partial charge on any atom is -0.504 e. The third-order valence-corrected chi connectivity index (χ3v) is 5.47. The number of hydrogen-bond donors (Lipinski definition) is 4. The summed E-state index contributed by atoms with van der Waals surface area (Å²) in [4.78, 5) is 18.5. The van der Waals surface area contributed by atoms with Crippen LogP contribution in [-0.2, 0) is 0 Å². The number of aryl methyl sites for hydroxylation is 2. The number of nitrogens with zero attached hydrogens (tertiary/aromatic N) is 1. The van der Waals surface area contributed by atoms with Gasteiger partial charge in [0, 0.05) is 16.6 Å². The number of nitrogens with one attached hydrogen (secondary N) is 2. The first-order valence-corrected chi connectivity index (χ1v) is 8.78. The Bertz CT molecular complexity index is 1060. The van der Waals surface area contributed by atoms with E-state index in [0.717, 1.165) is 27.2 Å². The molecule has 1 aliphatic heterocycles. The monoisotopic (exact) mass is 371 g/mol. The maximum absolute atomic E-state index is 12.6. The number of anilines is 1. The molecule has 134 valence electrons. The van der Waals surface area contributed by atoms with Gasteiger partial charge in [0.1, 0.15) is 15.9 Å². The number of phenolic OH excluding ortho intramolecular Hbond substituents is 2. The van der Waals surface area contributed by atoms with Crippen molar-refractivity contribution in [3.05, 3.63) is 39.9 Å². The Morgan fingerprint density at radius 1 is 1.19 bits per heavy atom. The second kappa shape index (κ2) is 5.77. The molecule has 0 spiro atoms. The second-order valence-electron chi connectivity index (χ2n) is 6.21. The number of aromatic hydroxyl groups is 2. The van der Waals surface area contributed by atoms with E-state index < -0.39 is 6.17 Å². The highest BCUT2D eigenvalue weighted by Crippen LogP contribution is 2.43. The molecule has 0 unspecified atom stereocenters. The van der Waals surface area contributed by atoms with E-state index >= 15 is 0 Å². The number of phenols is 2. The van der Waals surface area contributed by atoms with Crippen molar-refractivity contribution in [1.29, 1.82) is 0 Å². The van der Waals surface area contributed by atoms with E-state index in [1.54, 1.807) is 6.07 Å². The third kappa shape index (κ3) is 2.41. The van der Waals surface area contributed by atoms with Crippen LogP contribution in [-0.4, -0.2) is 28.2 Å². The molecule has 0 saturated carbocycles. The van der Waals surface area contributed by atoms with E-state index in [1.807, 2.05) is 19.9 Å². The van der Waals surface area contributed by atoms with E-state index in [2.05, 4.69) is 15.6 Å². The second-order valence-corrected chi connectivity index (χ2v) is 7.21. The van der Waals surface area contributed by atoms with Crippen molar-refractivity contribution in [2.45, 2.75) is 20.0 Å². The van der Waals surface area contributed by atoms with Crippen LogP contribution >= 0.6 is 11.3 Å². The molecule has 4 rings (SSSR count). The van der Waals surface area contributed by atoms with Crippen LogP contribution in [0.25, 0.3) is 10.2 Å². The Kier molecular flexibility index (Phi) is 3.66. The van der Waals surface area contributed by atoms with Gasteiger partial charge in [-0.1, -0.05) is 0 Å². The molecule has 7 nitrogen and oxygen atoms in total. The fourth-order valence-electron chi connectivity index (χ4n) is 3.22. The average Bonchev–Trinajstić information content (AvgIpc) is 2.96. The van der Waals surface area contributed by atoms with Gasteiger partial charge in [0.2, 0.25) is 5.75 Å². The molecule has 0 bridgehead atoms. The summed E-state index contributed by atoms with van der Waals surface area (Å²) in [7, 11) is 1.40. The van der Waals surface area contributed by atoms with Crippen LogP contribution in [0, 0.1) is 13.8 Å². The number of amides is 1. The highest BCUT2D eigenvalue weighted by molar-refractivity contribution is 7.21. The number of benzene rings is 1. The van der Waals surface area contributed by atoms with E-state index in [9.17, 15) is 15.0 Å². The van der Waals surface area contributed by atoms with Crippen LogP contribution in [0.3, 0.4) is 0 Å². The summed E-state index contributed by atoms with van der Waals surface area (Å²) in [6.07, 6.45) is -0.575. The Morgan fingerprint density at radius 3 is 2.69 bits per heavy atom. The summed E-state index contributed by atoms with van der Waals surface area (Å²) >= 11 is 1.35. The van der Waals surface area contributed by atoms with Crippen LogP contribution < -0.4 is 15.4 Å². The van der Waals surface area contributed by atoms with E-state index in [4.69, 9.17) is 4.74 Å². The molecule has 0 aliphatic carbocycles. The SMILES string of the molecule is COc1cc([C@H]2NC(=O)c3sc4nc(C)cc(C)c4c3N2)cc(O)c1O. The van der Waals surface area contributed by atoms with Crippen molar-refractivity contribution in [1.82, 2.24) is 10.3 Å². The number of pyridine rings is 1. The van der Waals surface area contributed by atoms with E-state index in [1.165, 1.54) is 24.5 Å². The van der Waals surface area contributed by atoms with Crippen LogP contribution in [0.15, 0.2) is 18.2 Å². The van der Waals surface area contributed by atoms with Gasteiger partial charge in [-0.05, 0) is 37.6 Å². The minimum absolute atomic E-state index is 0.130. The fourth-order valence-corrected chi connectivity index (χ4v) is 4.38. The van der Waals surface area contributed by atoms with Crippen LogP contribution in [0.4, 0.5) is 5.69 Å². The van der Waals surface area contributed by atoms with Crippen LogP contribution in [0.5, 0.6) is 17.2 Å². The number of thiophene rings is 1. The lowest BCUT2D eigenvalue weighted by Crippen LogP contribution is -2.37. The van der Waals surface area contributed by atoms with Gasteiger partial charge in [0.05, 0.1) is 12.8 Å². The Morgan fingerprint density at radius 2 is 1.96 bits per heavy atom. The number of fused-ring (bicyclic) bond motifs is 3. The van der Waals surface area contributed by atoms with Gasteiger partial charge in [-0.25, -0.2) is 4.98 Å². The number of carbonyl (C=O) groups excluding carboxylic acids is 1. The standard InChI is InChI=1S/C18H17N3O4S/c1-7-4-8(2)19-18-12(7)13-15(26-18)17(24)21-16(20-13)9-5-10(22)14(23)11(6-9)25-3/h4-6,16,20,22-23H,1-3H3,(H,21,24)/t16-/m1/s1. The molecule has 26 heavy (non-hydrogen) atoms. The summed E-state index contributed by atoms with van der Waals surface area (Å²) in [5.74, 6) is -0.735. The molecular formula is C18H17N3O4S. The number of aromatic nitrogens is 1. The maximum atomic E-state index is 12.6. The van der Waals surface area contributed by atoms with Crippen LogP contribution in [0.1, 0.15) is 32.7 Å². The largest absolute Gasteiger partial charge is 0.504 e. The first kappa shape index (κ1) is 16.5. The molecular weight excluding hydrogens is 354 g/mol. The van der Waals surface area contributed by atoms with Gasteiger partial charge >= 0.3 is 0 Å². The number of methoxy groups -OCH3 is 1. The van der Waals surface area contributed by atoms with Crippen molar-refractivity contribution >= 4 is 33.1 Å². The zero-order chi connectivity index (χ0) is 18.6. The lowest BCUT2D eigenvalue weighted by Gasteiger charge is -2.27. The molecule has 3 heterocycles. The minimum atomic E-state index is -0.575. The number of rotatable bonds is 2. The molecule has 1 amide bonds. The van der Waals surface area contributed by atoms with Gasteiger partial charge in [-0.2, -0.15) is 0 Å². The van der Waals surface area contributed by atoms with E-state index in [0.29, 0.717) is 10.4 Å². The van der Waals surface area contributed by atoms with Gasteiger partial charge in [-0.3, -0.25) is 4.79 Å². The molecule has 3 aromatic rings. The first-order valence-electron chi connectivity index (χ1n) is 7.97. The zero-order valence-electron chi connectivity index (χ0n) is 14.4. The molecule has 8 heteroatoms. The maximum Gasteiger partial charge on any atom is 0.265 e. The predicted octanol–water partition coefficient (Wildman–Crippen LogP) is 3.19.